The Hall–Kier alpha value is -3.71. The van der Waals surface area contributed by atoms with Crippen molar-refractivity contribution in [1.29, 1.82) is 0 Å². The molecule has 1 heterocycles. The van der Waals surface area contributed by atoms with Gasteiger partial charge in [0.25, 0.3) is 0 Å². The Morgan fingerprint density at radius 1 is 0.818 bits per heavy atom. The Balaban J connectivity index is 1.68. The predicted molar refractivity (Wildman–Crippen MR) is 123 cm³/mol. The first-order valence-electron chi connectivity index (χ1n) is 10.6. The smallest absolute Gasteiger partial charge is 0.413 e. The van der Waals surface area contributed by atoms with Crippen molar-refractivity contribution in [3.63, 3.8) is 0 Å². The van der Waals surface area contributed by atoms with Crippen molar-refractivity contribution in [2.45, 2.75) is 18.2 Å². The van der Waals surface area contributed by atoms with E-state index in [1.165, 1.54) is 4.90 Å². The van der Waals surface area contributed by atoms with E-state index in [-0.39, 0.29) is 6.54 Å². The Labute approximate surface area is 193 Å². The Morgan fingerprint density at radius 2 is 1.30 bits per heavy atom. The van der Waals surface area contributed by atoms with E-state index in [0.29, 0.717) is 29.0 Å². The van der Waals surface area contributed by atoms with Crippen LogP contribution in [0.15, 0.2) is 72.8 Å². The van der Waals surface area contributed by atoms with Crippen LogP contribution in [0.25, 0.3) is 0 Å². The predicted octanol–water partition coefficient (Wildman–Crippen LogP) is 4.29. The molecule has 7 heteroatoms. The molecule has 4 rings (SSSR count). The molecule has 1 saturated heterocycles. The zero-order valence-electron chi connectivity index (χ0n) is 18.9. The normalized spacial score (nSPS) is 19.8. The van der Waals surface area contributed by atoms with Gasteiger partial charge in [0.05, 0.1) is 21.3 Å². The summed E-state index contributed by atoms with van der Waals surface area (Å²) >= 11 is 0. The largest absolute Gasteiger partial charge is 0.497 e. The van der Waals surface area contributed by atoms with Crippen molar-refractivity contribution in [1.82, 2.24) is 4.90 Å². The maximum atomic E-state index is 13.0. The summed E-state index contributed by atoms with van der Waals surface area (Å²) in [5.41, 5.74) is 0.498. The average Bonchev–Trinajstić information content (AvgIpc) is 3.13. The van der Waals surface area contributed by atoms with Crippen molar-refractivity contribution < 1.29 is 28.8 Å². The highest BCUT2D eigenvalue weighted by atomic mass is 16.6. The number of aliphatic hydroxyl groups is 1. The SMILES string of the molecule is COc1ccc(CCN2C(=O)O[C@@H](c3ccc(OC)cc3)[C@@]2(O)c2ccc(OC)cc2)cc1. The van der Waals surface area contributed by atoms with Gasteiger partial charge in [-0.3, -0.25) is 4.90 Å². The zero-order chi connectivity index (χ0) is 23.4. The minimum atomic E-state index is -1.70. The Bertz CT molecular complexity index is 1080. The highest BCUT2D eigenvalue weighted by Crippen LogP contribution is 2.47. The molecular formula is C26H27NO6. The van der Waals surface area contributed by atoms with E-state index in [0.717, 1.165) is 11.3 Å². The number of carbonyl (C=O) groups excluding carboxylic acids is 1. The van der Waals surface area contributed by atoms with Crippen LogP contribution >= 0.6 is 0 Å². The maximum absolute atomic E-state index is 13.0. The maximum Gasteiger partial charge on any atom is 0.413 e. The molecule has 0 spiro atoms. The lowest BCUT2D eigenvalue weighted by atomic mass is 9.91. The van der Waals surface area contributed by atoms with Gasteiger partial charge < -0.3 is 24.1 Å². The molecule has 0 radical (unpaired) electrons. The van der Waals surface area contributed by atoms with E-state index in [2.05, 4.69) is 0 Å². The van der Waals surface area contributed by atoms with E-state index in [1.54, 1.807) is 69.9 Å². The minimum absolute atomic E-state index is 0.264. The molecular weight excluding hydrogens is 422 g/mol. The Kier molecular flexibility index (Phi) is 6.42. The number of ether oxygens (including phenoxy) is 4. The first-order valence-corrected chi connectivity index (χ1v) is 10.6. The van der Waals surface area contributed by atoms with Crippen LogP contribution in [0.2, 0.25) is 0 Å². The quantitative estimate of drug-likeness (QED) is 0.553. The summed E-state index contributed by atoms with van der Waals surface area (Å²) in [6.45, 7) is 0.264. The molecule has 3 aromatic carbocycles. The fourth-order valence-electron chi connectivity index (χ4n) is 4.04. The van der Waals surface area contributed by atoms with E-state index < -0.39 is 17.9 Å². The minimum Gasteiger partial charge on any atom is -0.497 e. The molecule has 172 valence electrons. The molecule has 3 aromatic rings. The van der Waals surface area contributed by atoms with Gasteiger partial charge in [-0.25, -0.2) is 4.79 Å². The molecule has 2 atom stereocenters. The average molecular weight is 450 g/mol. The lowest BCUT2D eigenvalue weighted by Crippen LogP contribution is -2.46. The number of cyclic esters (lactones) is 1. The number of hydrogen-bond acceptors (Lipinski definition) is 6. The number of benzene rings is 3. The van der Waals surface area contributed by atoms with Gasteiger partial charge in [0, 0.05) is 12.1 Å². The van der Waals surface area contributed by atoms with E-state index in [9.17, 15) is 9.90 Å². The van der Waals surface area contributed by atoms with Crippen molar-refractivity contribution in [3.05, 3.63) is 89.5 Å². The molecule has 0 aliphatic carbocycles. The van der Waals surface area contributed by atoms with Crippen molar-refractivity contribution in [3.8, 4) is 17.2 Å². The fourth-order valence-corrected chi connectivity index (χ4v) is 4.04. The summed E-state index contributed by atoms with van der Waals surface area (Å²) in [5, 5.41) is 12.0. The van der Waals surface area contributed by atoms with Crippen LogP contribution < -0.4 is 14.2 Å². The summed E-state index contributed by atoms with van der Waals surface area (Å²) in [5.74, 6) is 2.08. The summed E-state index contributed by atoms with van der Waals surface area (Å²) in [6.07, 6.45) is -0.963. The summed E-state index contributed by atoms with van der Waals surface area (Å²) in [7, 11) is 4.77. The molecule has 1 aliphatic rings. The molecule has 0 saturated carbocycles. The number of nitrogens with zero attached hydrogens (tertiary/aromatic N) is 1. The van der Waals surface area contributed by atoms with E-state index in [4.69, 9.17) is 18.9 Å². The number of amides is 1. The summed E-state index contributed by atoms with van der Waals surface area (Å²) < 4.78 is 21.4. The van der Waals surface area contributed by atoms with Gasteiger partial charge in [0.2, 0.25) is 5.72 Å². The number of carbonyl (C=O) groups is 1. The second-order valence-electron chi connectivity index (χ2n) is 7.74. The van der Waals surface area contributed by atoms with Crippen LogP contribution in [0, 0.1) is 0 Å². The van der Waals surface area contributed by atoms with Crippen molar-refractivity contribution in [2.24, 2.45) is 0 Å². The van der Waals surface area contributed by atoms with Gasteiger partial charge in [-0.2, -0.15) is 0 Å². The number of methoxy groups -OCH3 is 3. The molecule has 1 amide bonds. The monoisotopic (exact) mass is 449 g/mol. The van der Waals surface area contributed by atoms with Gasteiger partial charge >= 0.3 is 6.09 Å². The third-order valence-corrected chi connectivity index (χ3v) is 5.93. The van der Waals surface area contributed by atoms with Gasteiger partial charge in [0.1, 0.15) is 17.2 Å². The van der Waals surface area contributed by atoms with Crippen LogP contribution in [-0.2, 0) is 16.9 Å². The van der Waals surface area contributed by atoms with E-state index in [1.807, 2.05) is 24.3 Å². The third kappa shape index (κ3) is 4.32. The van der Waals surface area contributed by atoms with Crippen LogP contribution in [0.3, 0.4) is 0 Å². The first-order chi connectivity index (χ1) is 16.0. The molecule has 0 bridgehead atoms. The first kappa shape index (κ1) is 22.5. The second-order valence-corrected chi connectivity index (χ2v) is 7.74. The molecule has 1 fully saturated rings. The van der Waals surface area contributed by atoms with Crippen molar-refractivity contribution >= 4 is 6.09 Å². The molecule has 7 nitrogen and oxygen atoms in total. The van der Waals surface area contributed by atoms with Gasteiger partial charge in [-0.1, -0.05) is 36.4 Å². The van der Waals surface area contributed by atoms with Crippen LogP contribution in [0.4, 0.5) is 4.79 Å². The third-order valence-electron chi connectivity index (χ3n) is 5.93. The molecule has 33 heavy (non-hydrogen) atoms. The van der Waals surface area contributed by atoms with Crippen LogP contribution in [0.1, 0.15) is 22.8 Å². The molecule has 1 aliphatic heterocycles. The van der Waals surface area contributed by atoms with Gasteiger partial charge in [0.15, 0.2) is 6.10 Å². The fraction of sp³-hybridized carbons (Fsp3) is 0.269. The van der Waals surface area contributed by atoms with E-state index >= 15 is 0 Å². The summed E-state index contributed by atoms with van der Waals surface area (Å²) in [4.78, 5) is 14.4. The Morgan fingerprint density at radius 3 is 1.82 bits per heavy atom. The summed E-state index contributed by atoms with van der Waals surface area (Å²) in [6, 6.07) is 21.7. The topological polar surface area (TPSA) is 77.5 Å². The standard InChI is InChI=1S/C26H27NO6/c1-30-21-10-4-18(5-11-21)16-17-27-25(28)33-24(19-6-12-22(31-2)13-7-19)26(27,29)20-8-14-23(32-3)15-9-20/h4-15,24,29H,16-17H2,1-3H3/t24-,26-/m0/s1. The lowest BCUT2D eigenvalue weighted by Gasteiger charge is -2.35. The number of rotatable bonds is 8. The van der Waals surface area contributed by atoms with Gasteiger partial charge in [-0.05, 0) is 53.9 Å². The zero-order valence-corrected chi connectivity index (χ0v) is 18.9. The van der Waals surface area contributed by atoms with Crippen LogP contribution in [0.5, 0.6) is 17.2 Å². The highest BCUT2D eigenvalue weighted by molar-refractivity contribution is 5.72. The molecule has 0 unspecified atom stereocenters. The van der Waals surface area contributed by atoms with Crippen LogP contribution in [-0.4, -0.2) is 44.0 Å². The second kappa shape index (κ2) is 9.42. The molecule has 1 N–H and O–H groups in total. The van der Waals surface area contributed by atoms with Crippen molar-refractivity contribution in [2.75, 3.05) is 27.9 Å². The number of hydrogen-bond donors (Lipinski definition) is 1. The van der Waals surface area contributed by atoms with Gasteiger partial charge in [-0.15, -0.1) is 0 Å². The molecule has 0 aromatic heterocycles. The lowest BCUT2D eigenvalue weighted by molar-refractivity contribution is -0.109. The highest BCUT2D eigenvalue weighted by Gasteiger charge is 2.55.